The highest BCUT2D eigenvalue weighted by molar-refractivity contribution is 6.11. The van der Waals surface area contributed by atoms with E-state index >= 15 is 0 Å². The largest absolute Gasteiger partial charge is 0.416 e. The summed E-state index contributed by atoms with van der Waals surface area (Å²) in [6.45, 7) is 1.67. The van der Waals surface area contributed by atoms with Gasteiger partial charge >= 0.3 is 6.18 Å². The topological polar surface area (TPSA) is 67.4 Å². The van der Waals surface area contributed by atoms with Gasteiger partial charge < -0.3 is 4.57 Å². The zero-order valence-corrected chi connectivity index (χ0v) is 26.6. The van der Waals surface area contributed by atoms with Gasteiger partial charge in [-0.1, -0.05) is 91.0 Å². The third kappa shape index (κ3) is 5.55. The van der Waals surface area contributed by atoms with Gasteiger partial charge in [-0.05, 0) is 72.1 Å². The molecule has 0 amide bonds. The van der Waals surface area contributed by atoms with E-state index in [1.54, 1.807) is 19.1 Å². The fourth-order valence-electron chi connectivity index (χ4n) is 6.43. The molecule has 50 heavy (non-hydrogen) atoms. The van der Waals surface area contributed by atoms with Gasteiger partial charge in [0.2, 0.25) is 0 Å². The van der Waals surface area contributed by atoms with E-state index < -0.39 is 11.7 Å². The molecule has 0 atom stereocenters. The normalized spacial score (nSPS) is 11.6. The van der Waals surface area contributed by atoms with Crippen molar-refractivity contribution in [1.29, 1.82) is 5.26 Å². The van der Waals surface area contributed by atoms with E-state index in [0.717, 1.165) is 39.0 Å². The van der Waals surface area contributed by atoms with E-state index in [1.165, 1.54) is 6.07 Å². The molecule has 0 saturated carbocycles. The maximum absolute atomic E-state index is 13.8. The van der Waals surface area contributed by atoms with E-state index in [0.29, 0.717) is 51.0 Å². The highest BCUT2D eigenvalue weighted by Gasteiger charge is 2.31. The molecular formula is C42H26F3N5. The Hall–Kier alpha value is -6.59. The molecule has 8 heteroatoms. The Balaban J connectivity index is 1.38. The van der Waals surface area contributed by atoms with Crippen LogP contribution in [0.1, 0.15) is 16.7 Å². The lowest BCUT2D eigenvalue weighted by Crippen LogP contribution is -2.05. The van der Waals surface area contributed by atoms with Gasteiger partial charge in [0.15, 0.2) is 17.5 Å². The van der Waals surface area contributed by atoms with E-state index in [2.05, 4.69) is 10.6 Å². The van der Waals surface area contributed by atoms with Crippen LogP contribution in [0.2, 0.25) is 0 Å². The first-order valence-corrected chi connectivity index (χ1v) is 15.9. The van der Waals surface area contributed by atoms with Gasteiger partial charge in [-0.15, -0.1) is 0 Å². The smallest absolute Gasteiger partial charge is 0.308 e. The molecule has 240 valence electrons. The first-order chi connectivity index (χ1) is 24.3. The third-order valence-corrected chi connectivity index (χ3v) is 8.72. The first kappa shape index (κ1) is 30.7. The highest BCUT2D eigenvalue weighted by Crippen LogP contribution is 2.39. The summed E-state index contributed by atoms with van der Waals surface area (Å²) in [6, 6.07) is 44.7. The van der Waals surface area contributed by atoms with E-state index in [9.17, 15) is 18.4 Å². The van der Waals surface area contributed by atoms with Crippen molar-refractivity contribution >= 4 is 21.8 Å². The Morgan fingerprint density at radius 3 is 1.84 bits per heavy atom. The average Bonchev–Trinajstić information content (AvgIpc) is 3.48. The molecular weight excluding hydrogens is 631 g/mol. The summed E-state index contributed by atoms with van der Waals surface area (Å²) in [5, 5.41) is 11.8. The number of hydrogen-bond donors (Lipinski definition) is 0. The van der Waals surface area contributed by atoms with Gasteiger partial charge in [0.05, 0.1) is 33.9 Å². The molecule has 0 aliphatic carbocycles. The van der Waals surface area contributed by atoms with Gasteiger partial charge in [0.1, 0.15) is 0 Å². The van der Waals surface area contributed by atoms with Crippen molar-refractivity contribution in [2.45, 2.75) is 13.1 Å². The van der Waals surface area contributed by atoms with E-state index in [1.807, 2.05) is 115 Å². The maximum atomic E-state index is 13.8. The zero-order chi connectivity index (χ0) is 34.4. The molecule has 8 aromatic rings. The van der Waals surface area contributed by atoms with Crippen LogP contribution < -0.4 is 0 Å². The van der Waals surface area contributed by atoms with Crippen molar-refractivity contribution in [3.8, 4) is 57.0 Å². The second kappa shape index (κ2) is 12.1. The SMILES string of the molecule is Cc1cc(-c2ccc3c(c2)c2ccccc2n3-c2cc(C#N)ccc2-c2nc(-c3ccccc3)nc(-c3ccccc3)n2)cc(C(F)(F)F)c1. The van der Waals surface area contributed by atoms with E-state index in [-0.39, 0.29) is 0 Å². The molecule has 2 heterocycles. The van der Waals surface area contributed by atoms with Gasteiger partial charge in [0, 0.05) is 27.5 Å². The summed E-state index contributed by atoms with van der Waals surface area (Å²) in [7, 11) is 0. The van der Waals surface area contributed by atoms with Crippen LogP contribution in [-0.2, 0) is 6.18 Å². The molecule has 2 aromatic heterocycles. The zero-order valence-electron chi connectivity index (χ0n) is 26.6. The summed E-state index contributed by atoms with van der Waals surface area (Å²) in [5.74, 6) is 1.44. The quantitative estimate of drug-likeness (QED) is 0.185. The summed E-state index contributed by atoms with van der Waals surface area (Å²) in [5.41, 5.74) is 6.14. The lowest BCUT2D eigenvalue weighted by Gasteiger charge is -2.15. The first-order valence-electron chi connectivity index (χ1n) is 15.9. The molecule has 0 N–H and O–H groups in total. The highest BCUT2D eigenvalue weighted by atomic mass is 19.4. The summed E-state index contributed by atoms with van der Waals surface area (Å²) >= 11 is 0. The Labute approximate surface area is 285 Å². The molecule has 0 bridgehead atoms. The van der Waals surface area contributed by atoms with Crippen LogP contribution in [0, 0.1) is 18.3 Å². The number of nitrogens with zero attached hydrogens (tertiary/aromatic N) is 5. The van der Waals surface area contributed by atoms with Crippen LogP contribution in [0.25, 0.3) is 72.8 Å². The number of aromatic nitrogens is 4. The Morgan fingerprint density at radius 1 is 0.560 bits per heavy atom. The molecule has 6 aromatic carbocycles. The Bertz CT molecular complexity index is 2540. The Kier molecular flexibility index (Phi) is 7.46. The van der Waals surface area contributed by atoms with Crippen molar-refractivity contribution in [1.82, 2.24) is 19.5 Å². The van der Waals surface area contributed by atoms with E-state index in [4.69, 9.17) is 15.0 Å². The maximum Gasteiger partial charge on any atom is 0.416 e. The standard InChI is InChI=1S/C42H26F3N5/c1-26-20-31(23-32(21-26)42(43,44)45)30-17-19-37-35(24-30)33-14-8-9-15-36(33)50(37)38-22-27(25-46)16-18-34(38)41-48-39(28-10-4-2-5-11-28)47-40(49-41)29-12-6-3-7-13-29/h2-24H,1H3. The summed E-state index contributed by atoms with van der Waals surface area (Å²) < 4.78 is 43.3. The van der Waals surface area contributed by atoms with Crippen molar-refractivity contribution in [3.63, 3.8) is 0 Å². The predicted octanol–water partition coefficient (Wildman–Crippen LogP) is 10.8. The van der Waals surface area contributed by atoms with Crippen LogP contribution in [0.5, 0.6) is 0 Å². The molecule has 8 rings (SSSR count). The van der Waals surface area contributed by atoms with Gasteiger partial charge in [-0.3, -0.25) is 0 Å². The van der Waals surface area contributed by atoms with Crippen LogP contribution in [-0.4, -0.2) is 19.5 Å². The molecule has 0 aliphatic heterocycles. The van der Waals surface area contributed by atoms with Crippen LogP contribution in [0.3, 0.4) is 0 Å². The number of nitriles is 1. The number of alkyl halides is 3. The summed E-state index contributed by atoms with van der Waals surface area (Å²) in [6.07, 6.45) is -4.46. The van der Waals surface area contributed by atoms with Gasteiger partial charge in [-0.25, -0.2) is 15.0 Å². The molecule has 5 nitrogen and oxygen atoms in total. The lowest BCUT2D eigenvalue weighted by atomic mass is 9.98. The van der Waals surface area contributed by atoms with Crippen molar-refractivity contribution in [3.05, 3.63) is 156 Å². The Morgan fingerprint density at radius 2 is 1.18 bits per heavy atom. The molecule has 0 spiro atoms. The van der Waals surface area contributed by atoms with Crippen LogP contribution in [0.15, 0.2) is 140 Å². The number of aryl methyl sites for hydroxylation is 1. The van der Waals surface area contributed by atoms with Crippen molar-refractivity contribution in [2.75, 3.05) is 0 Å². The minimum Gasteiger partial charge on any atom is -0.308 e. The molecule has 0 unspecified atom stereocenters. The third-order valence-electron chi connectivity index (χ3n) is 8.72. The number of fused-ring (bicyclic) bond motifs is 3. The lowest BCUT2D eigenvalue weighted by molar-refractivity contribution is -0.137. The number of halogens is 3. The fourth-order valence-corrected chi connectivity index (χ4v) is 6.43. The number of rotatable bonds is 5. The molecule has 0 radical (unpaired) electrons. The van der Waals surface area contributed by atoms with Crippen LogP contribution >= 0.6 is 0 Å². The molecule has 0 aliphatic rings. The van der Waals surface area contributed by atoms with Crippen molar-refractivity contribution in [2.24, 2.45) is 0 Å². The number of benzene rings is 6. The summed E-state index contributed by atoms with van der Waals surface area (Å²) in [4.78, 5) is 14.8. The minimum absolute atomic E-state index is 0.430. The van der Waals surface area contributed by atoms with Gasteiger partial charge in [-0.2, -0.15) is 18.4 Å². The van der Waals surface area contributed by atoms with Crippen molar-refractivity contribution < 1.29 is 13.2 Å². The fraction of sp³-hybridized carbons (Fsp3) is 0.0476. The molecule has 0 fully saturated rings. The average molecular weight is 658 g/mol. The second-order valence-electron chi connectivity index (χ2n) is 12.1. The number of hydrogen-bond acceptors (Lipinski definition) is 4. The number of para-hydroxylation sites is 1. The second-order valence-corrected chi connectivity index (χ2v) is 12.1. The van der Waals surface area contributed by atoms with Crippen LogP contribution in [0.4, 0.5) is 13.2 Å². The molecule has 0 saturated heterocycles. The monoisotopic (exact) mass is 657 g/mol. The minimum atomic E-state index is -4.46. The van der Waals surface area contributed by atoms with Gasteiger partial charge in [0.25, 0.3) is 0 Å². The predicted molar refractivity (Wildman–Crippen MR) is 190 cm³/mol.